The Balaban J connectivity index is 5.50. The topological polar surface area (TPSA) is 80.7 Å². The molecule has 0 heterocycles. The highest BCUT2D eigenvalue weighted by Crippen LogP contribution is 2.39. The monoisotopic (exact) mass is 294 g/mol. The molecule has 100 valence electrons. The minimum atomic E-state index is -5.94. The summed E-state index contributed by atoms with van der Waals surface area (Å²) in [6.45, 7) is 3.42. The van der Waals surface area contributed by atoms with Gasteiger partial charge in [-0.25, -0.2) is 9.18 Å². The first-order valence-electron chi connectivity index (χ1n) is 3.99. The van der Waals surface area contributed by atoms with Crippen LogP contribution in [0.15, 0.2) is 12.7 Å². The van der Waals surface area contributed by atoms with Gasteiger partial charge in [0.15, 0.2) is 5.41 Å². The van der Waals surface area contributed by atoms with E-state index in [1.165, 1.54) is 9.24 Å². The van der Waals surface area contributed by atoms with Crippen LogP contribution in [-0.4, -0.2) is 35.7 Å². The minimum absolute atomic E-state index is 0.448. The van der Waals surface area contributed by atoms with Crippen LogP contribution in [0.4, 0.5) is 13.2 Å². The first-order chi connectivity index (χ1) is 7.34. The molecule has 0 aliphatic heterocycles. The molecule has 0 bridgehead atoms. The lowest BCUT2D eigenvalue weighted by Crippen LogP contribution is -2.51. The number of halogens is 3. The van der Waals surface area contributed by atoms with E-state index in [2.05, 4.69) is 11.3 Å². The molecule has 3 atom stereocenters. The van der Waals surface area contributed by atoms with Gasteiger partial charge in [0, 0.05) is 6.08 Å². The molecular weight excluding hydrogens is 284 g/mol. The van der Waals surface area contributed by atoms with Gasteiger partial charge in [-0.1, -0.05) is 15.8 Å². The quantitative estimate of drug-likeness (QED) is 0.356. The second-order valence-electron chi connectivity index (χ2n) is 3.21. The fourth-order valence-electron chi connectivity index (χ4n) is 0.812. The van der Waals surface area contributed by atoms with Crippen molar-refractivity contribution in [3.63, 3.8) is 0 Å². The molecule has 0 aliphatic carbocycles. The Hall–Kier alpha value is -0.660. The molecule has 0 aromatic rings. The first kappa shape index (κ1) is 16.3. The lowest BCUT2D eigenvalue weighted by molar-refractivity contribution is -0.165. The van der Waals surface area contributed by atoms with Crippen molar-refractivity contribution in [1.29, 1.82) is 0 Å². The third-order valence-electron chi connectivity index (χ3n) is 1.56. The molecule has 0 saturated heterocycles. The number of ether oxygens (including phenoxy) is 1. The molecule has 0 saturated carbocycles. The maximum absolute atomic E-state index is 13.4. The van der Waals surface area contributed by atoms with Crippen LogP contribution in [0.1, 0.15) is 6.92 Å². The largest absolute Gasteiger partial charge is 0.448 e. The Morgan fingerprint density at radius 2 is 1.94 bits per heavy atom. The van der Waals surface area contributed by atoms with Crippen LogP contribution >= 0.6 is 9.24 Å². The Labute approximate surface area is 98.0 Å². The van der Waals surface area contributed by atoms with Gasteiger partial charge in [0.1, 0.15) is 0 Å². The van der Waals surface area contributed by atoms with Gasteiger partial charge in [-0.15, -0.1) is 0 Å². The molecule has 5 nitrogen and oxygen atoms in total. The van der Waals surface area contributed by atoms with Gasteiger partial charge < -0.3 is 4.74 Å². The van der Waals surface area contributed by atoms with Crippen molar-refractivity contribution in [3.05, 3.63) is 12.7 Å². The molecule has 10 heteroatoms. The van der Waals surface area contributed by atoms with E-state index in [0.29, 0.717) is 13.0 Å². The lowest BCUT2D eigenvalue weighted by Gasteiger charge is -2.30. The van der Waals surface area contributed by atoms with Crippen molar-refractivity contribution < 1.29 is 35.7 Å². The van der Waals surface area contributed by atoms with E-state index in [9.17, 15) is 26.4 Å². The average molecular weight is 294 g/mol. The van der Waals surface area contributed by atoms with E-state index in [1.807, 2.05) is 0 Å². The van der Waals surface area contributed by atoms with E-state index < -0.39 is 32.9 Å². The predicted octanol–water partition coefficient (Wildman–Crippen LogP) is 1.13. The van der Waals surface area contributed by atoms with Crippen LogP contribution < -0.4 is 0 Å². The van der Waals surface area contributed by atoms with E-state index in [4.69, 9.17) is 4.55 Å². The maximum Gasteiger partial charge on any atom is 0.409 e. The van der Waals surface area contributed by atoms with Gasteiger partial charge in [0.05, 0.1) is 0 Å². The summed E-state index contributed by atoms with van der Waals surface area (Å²) in [4.78, 5) is 10.7. The number of hydrogen-bond acceptors (Lipinski definition) is 4. The summed E-state index contributed by atoms with van der Waals surface area (Å²) in [5.74, 6) is -1.45. The summed E-state index contributed by atoms with van der Waals surface area (Å²) in [5.41, 5.74) is 0. The van der Waals surface area contributed by atoms with Gasteiger partial charge in [-0.05, 0) is 6.92 Å². The number of rotatable bonds is 5. The van der Waals surface area contributed by atoms with Crippen LogP contribution in [-0.2, 0) is 19.6 Å². The molecule has 0 aliphatic rings. The van der Waals surface area contributed by atoms with Crippen LogP contribution in [0.25, 0.3) is 0 Å². The van der Waals surface area contributed by atoms with Crippen LogP contribution in [0.5, 0.6) is 0 Å². The van der Waals surface area contributed by atoms with E-state index in [0.717, 1.165) is 0 Å². The van der Waals surface area contributed by atoms with Gasteiger partial charge in [0.25, 0.3) is 0 Å². The van der Waals surface area contributed by atoms with Crippen molar-refractivity contribution >= 4 is 25.3 Å². The summed E-state index contributed by atoms with van der Waals surface area (Å²) in [6.07, 6.45) is -2.58. The normalized spacial score (nSPS) is 18.0. The molecule has 0 spiro atoms. The van der Waals surface area contributed by atoms with E-state index in [1.54, 1.807) is 0 Å². The minimum Gasteiger partial charge on any atom is -0.448 e. The molecule has 0 aromatic heterocycles. The van der Waals surface area contributed by atoms with Crippen LogP contribution in [0.3, 0.4) is 0 Å². The van der Waals surface area contributed by atoms with Crippen molar-refractivity contribution in [2.45, 2.75) is 23.7 Å². The average Bonchev–Trinajstić information content (AvgIpc) is 2.09. The van der Waals surface area contributed by atoms with Gasteiger partial charge in [-0.2, -0.15) is 17.2 Å². The number of alkyl halides is 3. The molecule has 17 heavy (non-hydrogen) atoms. The van der Waals surface area contributed by atoms with Crippen molar-refractivity contribution in [2.24, 2.45) is 0 Å². The standard InChI is InChI=1S/C7H10F3O5PS/c1-3-4(11)15-5(6(2,8)16)7(9,10)17(12,13)14/h3,5H,1,16H2,2H3,(H,12,13,14). The third-order valence-corrected chi connectivity index (χ3v) is 2.77. The second kappa shape index (κ2) is 4.91. The lowest BCUT2D eigenvalue weighted by atomic mass is 10.2. The van der Waals surface area contributed by atoms with E-state index in [-0.39, 0.29) is 0 Å². The number of esters is 1. The zero-order chi connectivity index (χ0) is 14.1. The molecule has 0 aromatic carbocycles. The fourth-order valence-corrected chi connectivity index (χ4v) is 1.76. The molecule has 0 amide bonds. The Morgan fingerprint density at radius 3 is 2.18 bits per heavy atom. The number of carbonyl (C=O) groups is 1. The first-order valence-corrected chi connectivity index (χ1v) is 6.01. The van der Waals surface area contributed by atoms with Gasteiger partial charge >= 0.3 is 21.3 Å². The SMILES string of the molecule is C=CC(=O)OC(C(C)(F)P)C(F)(F)S(=O)(=O)O. The van der Waals surface area contributed by atoms with Crippen LogP contribution in [0, 0.1) is 0 Å². The number of carbonyl (C=O) groups excluding carboxylic acids is 1. The van der Waals surface area contributed by atoms with Crippen molar-refractivity contribution in [2.75, 3.05) is 0 Å². The maximum atomic E-state index is 13.4. The zero-order valence-electron chi connectivity index (χ0n) is 8.56. The molecule has 3 unspecified atom stereocenters. The molecule has 1 N–H and O–H groups in total. The molecule has 0 fully saturated rings. The highest BCUT2D eigenvalue weighted by atomic mass is 32.2. The van der Waals surface area contributed by atoms with E-state index >= 15 is 0 Å². The number of hydrogen-bond donors (Lipinski definition) is 1. The summed E-state index contributed by atoms with van der Waals surface area (Å²) < 4.78 is 72.8. The molecular formula is C7H10F3O5PS. The zero-order valence-corrected chi connectivity index (χ0v) is 10.5. The summed E-state index contributed by atoms with van der Waals surface area (Å²) in [7, 11) is -4.68. The van der Waals surface area contributed by atoms with Gasteiger partial charge in [-0.3, -0.25) is 4.55 Å². The summed E-state index contributed by atoms with van der Waals surface area (Å²) >= 11 is 0. The Kier molecular flexibility index (Phi) is 4.72. The highest BCUT2D eigenvalue weighted by Gasteiger charge is 2.60. The Morgan fingerprint density at radius 1 is 1.53 bits per heavy atom. The predicted molar refractivity (Wildman–Crippen MR) is 55.8 cm³/mol. The second-order valence-corrected chi connectivity index (χ2v) is 5.83. The van der Waals surface area contributed by atoms with Crippen molar-refractivity contribution in [1.82, 2.24) is 0 Å². The highest BCUT2D eigenvalue weighted by molar-refractivity contribution is 7.86. The van der Waals surface area contributed by atoms with Crippen molar-refractivity contribution in [3.8, 4) is 0 Å². The molecule has 0 radical (unpaired) electrons. The van der Waals surface area contributed by atoms with Crippen LogP contribution in [0.2, 0.25) is 0 Å². The smallest absolute Gasteiger partial charge is 0.409 e. The fraction of sp³-hybridized carbons (Fsp3) is 0.571. The summed E-state index contributed by atoms with van der Waals surface area (Å²) in [5, 5.41) is -7.96. The summed E-state index contributed by atoms with van der Waals surface area (Å²) in [6, 6.07) is 0. The third kappa shape index (κ3) is 3.93. The molecule has 0 rings (SSSR count). The Bertz CT molecular complexity index is 414. The van der Waals surface area contributed by atoms with Gasteiger partial charge in [0.2, 0.25) is 6.10 Å².